The molecule has 0 aliphatic rings. The van der Waals surface area contributed by atoms with Gasteiger partial charge in [-0.05, 0) is 38.4 Å². The summed E-state index contributed by atoms with van der Waals surface area (Å²) in [4.78, 5) is 0. The molecular weight excluding hydrogens is 246 g/mol. The van der Waals surface area contributed by atoms with Crippen molar-refractivity contribution in [2.75, 3.05) is 13.7 Å². The van der Waals surface area contributed by atoms with Gasteiger partial charge in [0, 0.05) is 11.6 Å². The molecule has 1 unspecified atom stereocenters. The smallest absolute Gasteiger partial charge is 0.0871 e. The van der Waals surface area contributed by atoms with Crippen molar-refractivity contribution in [1.82, 2.24) is 5.32 Å². The van der Waals surface area contributed by atoms with Crippen molar-refractivity contribution in [1.29, 1.82) is 0 Å². The number of ether oxygens (including phenoxy) is 1. The summed E-state index contributed by atoms with van der Waals surface area (Å²) in [5, 5.41) is 4.17. The molecule has 1 rings (SSSR count). The maximum Gasteiger partial charge on any atom is 0.0871 e. The van der Waals surface area contributed by atoms with Gasteiger partial charge in [-0.1, -0.05) is 43.6 Å². The minimum atomic E-state index is -0.200. The molecule has 0 aliphatic carbocycles. The largest absolute Gasteiger partial charge is 0.373 e. The van der Waals surface area contributed by atoms with Gasteiger partial charge in [-0.15, -0.1) is 0 Å². The number of halogens is 1. The van der Waals surface area contributed by atoms with E-state index in [2.05, 4.69) is 25.2 Å². The van der Waals surface area contributed by atoms with Gasteiger partial charge >= 0.3 is 0 Å². The zero-order valence-corrected chi connectivity index (χ0v) is 12.6. The molecule has 1 atom stereocenters. The molecule has 2 nitrogen and oxygen atoms in total. The zero-order valence-electron chi connectivity index (χ0n) is 11.8. The van der Waals surface area contributed by atoms with Gasteiger partial charge in [0.05, 0.1) is 11.6 Å². The van der Waals surface area contributed by atoms with Crippen molar-refractivity contribution in [3.8, 4) is 0 Å². The van der Waals surface area contributed by atoms with Crippen LogP contribution in [-0.2, 0) is 4.74 Å². The lowest BCUT2D eigenvalue weighted by Crippen LogP contribution is -2.44. The Hall–Kier alpha value is -0.570. The van der Waals surface area contributed by atoms with Crippen LogP contribution in [0.15, 0.2) is 24.3 Å². The first kappa shape index (κ1) is 15.5. The molecule has 0 radical (unpaired) electrons. The van der Waals surface area contributed by atoms with E-state index in [4.69, 9.17) is 16.3 Å². The van der Waals surface area contributed by atoms with E-state index in [9.17, 15) is 0 Å². The average molecular weight is 270 g/mol. The standard InChI is InChI=1S/C15H24ClNO/c1-5-15(6-2,18-7-3)14(17-4)12-10-8-9-11-13(12)16/h8-11,14,17H,5-7H2,1-4H3. The molecule has 0 aromatic heterocycles. The number of nitrogens with one attached hydrogen (secondary N) is 1. The van der Waals surface area contributed by atoms with Crippen LogP contribution in [0, 0.1) is 0 Å². The number of hydrogen-bond donors (Lipinski definition) is 1. The molecule has 0 aliphatic heterocycles. The first-order valence-electron chi connectivity index (χ1n) is 6.70. The van der Waals surface area contributed by atoms with Crippen molar-refractivity contribution in [2.45, 2.75) is 45.3 Å². The summed E-state index contributed by atoms with van der Waals surface area (Å²) in [6.07, 6.45) is 1.90. The van der Waals surface area contributed by atoms with E-state index >= 15 is 0 Å². The highest BCUT2D eigenvalue weighted by Gasteiger charge is 2.37. The van der Waals surface area contributed by atoms with E-state index in [0.717, 1.165) is 23.4 Å². The van der Waals surface area contributed by atoms with Crippen LogP contribution in [0.1, 0.15) is 45.2 Å². The van der Waals surface area contributed by atoms with Crippen molar-refractivity contribution < 1.29 is 4.74 Å². The van der Waals surface area contributed by atoms with Crippen LogP contribution in [-0.4, -0.2) is 19.3 Å². The van der Waals surface area contributed by atoms with Gasteiger partial charge in [0.15, 0.2) is 0 Å². The molecule has 1 aromatic rings. The molecule has 18 heavy (non-hydrogen) atoms. The van der Waals surface area contributed by atoms with Gasteiger partial charge in [0.25, 0.3) is 0 Å². The molecule has 1 aromatic carbocycles. The molecule has 0 saturated carbocycles. The highest BCUT2D eigenvalue weighted by atomic mass is 35.5. The summed E-state index contributed by atoms with van der Waals surface area (Å²) < 4.78 is 6.07. The number of hydrogen-bond acceptors (Lipinski definition) is 2. The molecule has 0 heterocycles. The SMILES string of the molecule is CCOC(CC)(CC)C(NC)c1ccccc1Cl. The maximum atomic E-state index is 6.32. The van der Waals surface area contributed by atoms with Gasteiger partial charge < -0.3 is 10.1 Å². The Balaban J connectivity index is 3.17. The Labute approximate surface area is 116 Å². The first-order chi connectivity index (χ1) is 8.65. The monoisotopic (exact) mass is 269 g/mol. The molecule has 3 heteroatoms. The summed E-state index contributed by atoms with van der Waals surface area (Å²) in [6.45, 7) is 7.09. The van der Waals surface area contributed by atoms with E-state index in [0.29, 0.717) is 6.61 Å². The lowest BCUT2D eigenvalue weighted by atomic mass is 9.83. The van der Waals surface area contributed by atoms with Crippen molar-refractivity contribution in [3.63, 3.8) is 0 Å². The van der Waals surface area contributed by atoms with E-state index in [1.807, 2.05) is 32.2 Å². The Morgan fingerprint density at radius 3 is 2.28 bits per heavy atom. The quantitative estimate of drug-likeness (QED) is 0.801. The molecule has 0 fully saturated rings. The van der Waals surface area contributed by atoms with Crippen LogP contribution in [0.5, 0.6) is 0 Å². The predicted molar refractivity (Wildman–Crippen MR) is 78.2 cm³/mol. The second kappa shape index (κ2) is 7.13. The van der Waals surface area contributed by atoms with Gasteiger partial charge in [-0.25, -0.2) is 0 Å². The van der Waals surface area contributed by atoms with Crippen LogP contribution in [0.4, 0.5) is 0 Å². The lowest BCUT2D eigenvalue weighted by molar-refractivity contribution is -0.0717. The zero-order chi connectivity index (χ0) is 13.6. The van der Waals surface area contributed by atoms with Crippen LogP contribution in [0.25, 0.3) is 0 Å². The topological polar surface area (TPSA) is 21.3 Å². The molecule has 1 N–H and O–H groups in total. The molecule has 0 saturated heterocycles. The van der Waals surface area contributed by atoms with Crippen LogP contribution in [0.3, 0.4) is 0 Å². The Bertz CT molecular complexity index is 363. The summed E-state index contributed by atoms with van der Waals surface area (Å²) in [5.74, 6) is 0. The van der Waals surface area contributed by atoms with E-state index in [1.165, 1.54) is 0 Å². The van der Waals surface area contributed by atoms with Gasteiger partial charge in [-0.2, -0.15) is 0 Å². The highest BCUT2D eigenvalue weighted by molar-refractivity contribution is 6.31. The van der Waals surface area contributed by atoms with Crippen LogP contribution in [0.2, 0.25) is 5.02 Å². The van der Waals surface area contributed by atoms with Crippen LogP contribution < -0.4 is 5.32 Å². The third-order valence-electron chi connectivity index (χ3n) is 3.66. The molecule has 102 valence electrons. The second-order valence-corrected chi connectivity index (χ2v) is 4.86. The fourth-order valence-corrected chi connectivity index (χ4v) is 2.89. The van der Waals surface area contributed by atoms with Crippen molar-refractivity contribution >= 4 is 11.6 Å². The third kappa shape index (κ3) is 3.05. The predicted octanol–water partition coefficient (Wildman–Crippen LogP) is 4.20. The molecule has 0 amide bonds. The molecule has 0 spiro atoms. The maximum absolute atomic E-state index is 6.32. The Kier molecular flexibility index (Phi) is 6.13. The summed E-state index contributed by atoms with van der Waals surface area (Å²) in [6, 6.07) is 8.10. The molecular formula is C15H24ClNO. The number of rotatable bonds is 7. The van der Waals surface area contributed by atoms with E-state index in [1.54, 1.807) is 0 Å². The first-order valence-corrected chi connectivity index (χ1v) is 7.08. The van der Waals surface area contributed by atoms with Crippen LogP contribution >= 0.6 is 11.6 Å². The Morgan fingerprint density at radius 1 is 1.22 bits per heavy atom. The van der Waals surface area contributed by atoms with E-state index in [-0.39, 0.29) is 11.6 Å². The summed E-state index contributed by atoms with van der Waals surface area (Å²) >= 11 is 6.32. The highest BCUT2D eigenvalue weighted by Crippen LogP contribution is 2.37. The Morgan fingerprint density at radius 2 is 1.83 bits per heavy atom. The molecule has 0 bridgehead atoms. The van der Waals surface area contributed by atoms with Gasteiger partial charge in [0.1, 0.15) is 0 Å². The van der Waals surface area contributed by atoms with Gasteiger partial charge in [-0.3, -0.25) is 0 Å². The average Bonchev–Trinajstić information content (AvgIpc) is 2.40. The minimum Gasteiger partial charge on any atom is -0.373 e. The van der Waals surface area contributed by atoms with E-state index < -0.39 is 0 Å². The normalized spacial score (nSPS) is 13.6. The minimum absolute atomic E-state index is 0.112. The second-order valence-electron chi connectivity index (χ2n) is 4.45. The summed E-state index contributed by atoms with van der Waals surface area (Å²) in [7, 11) is 1.97. The number of likely N-dealkylation sites (N-methyl/N-ethyl adjacent to an activating group) is 1. The fraction of sp³-hybridized carbons (Fsp3) is 0.600. The van der Waals surface area contributed by atoms with Crippen molar-refractivity contribution in [3.05, 3.63) is 34.9 Å². The fourth-order valence-electron chi connectivity index (χ4n) is 2.64. The third-order valence-corrected chi connectivity index (χ3v) is 4.00. The van der Waals surface area contributed by atoms with Crippen molar-refractivity contribution in [2.24, 2.45) is 0 Å². The summed E-state index contributed by atoms with van der Waals surface area (Å²) in [5.41, 5.74) is 0.910. The lowest BCUT2D eigenvalue weighted by Gasteiger charge is -2.40. The van der Waals surface area contributed by atoms with Gasteiger partial charge in [0.2, 0.25) is 0 Å². The number of benzene rings is 1.